The van der Waals surface area contributed by atoms with Crippen LogP contribution in [0.4, 0.5) is 10.5 Å². The first kappa shape index (κ1) is 21.6. The quantitative estimate of drug-likeness (QED) is 0.669. The molecule has 2 N–H and O–H groups in total. The predicted molar refractivity (Wildman–Crippen MR) is 122 cm³/mol. The molecule has 4 amide bonds. The van der Waals surface area contributed by atoms with Crippen molar-refractivity contribution >= 4 is 35.1 Å². The summed E-state index contributed by atoms with van der Waals surface area (Å²) in [7, 11) is 0. The van der Waals surface area contributed by atoms with Crippen LogP contribution in [0.2, 0.25) is 5.02 Å². The monoisotopic (exact) mass is 469 g/mol. The number of halogens is 1. The topological polar surface area (TPSA) is 97.0 Å². The first-order chi connectivity index (χ1) is 16.0. The van der Waals surface area contributed by atoms with Crippen LogP contribution in [-0.4, -0.2) is 42.5 Å². The third kappa shape index (κ3) is 3.88. The van der Waals surface area contributed by atoms with Gasteiger partial charge in [-0.15, -0.1) is 0 Å². The Hall–Kier alpha value is -3.26. The maximum Gasteiger partial charge on any atom is 0.325 e. The number of benzene rings is 2. The van der Waals surface area contributed by atoms with E-state index in [4.69, 9.17) is 21.1 Å². The maximum absolute atomic E-state index is 13.5. The minimum atomic E-state index is -1.13. The van der Waals surface area contributed by atoms with E-state index < -0.39 is 29.9 Å². The number of hydrogen-bond acceptors (Lipinski definition) is 5. The highest BCUT2D eigenvalue weighted by Gasteiger charge is 2.53. The summed E-state index contributed by atoms with van der Waals surface area (Å²) in [6.45, 7) is 0.597. The first-order valence-corrected chi connectivity index (χ1v) is 11.5. The summed E-state index contributed by atoms with van der Waals surface area (Å²) in [6, 6.07) is 10.3. The Morgan fingerprint density at radius 2 is 1.85 bits per heavy atom. The zero-order valence-corrected chi connectivity index (χ0v) is 18.7. The highest BCUT2D eigenvalue weighted by Crippen LogP contribution is 2.40. The normalized spacial score (nSPS) is 21.8. The number of nitrogens with one attached hydrogen (secondary N) is 2. The second kappa shape index (κ2) is 8.59. The fraction of sp³-hybridized carbons (Fsp3) is 0.375. The van der Waals surface area contributed by atoms with Gasteiger partial charge in [-0.1, -0.05) is 35.9 Å². The summed E-state index contributed by atoms with van der Waals surface area (Å²) in [5.41, 5.74) is 1.06. The molecule has 2 aromatic carbocycles. The zero-order chi connectivity index (χ0) is 23.0. The van der Waals surface area contributed by atoms with Crippen LogP contribution in [0.5, 0.6) is 11.5 Å². The lowest BCUT2D eigenvalue weighted by Crippen LogP contribution is -2.44. The van der Waals surface area contributed by atoms with Crippen molar-refractivity contribution in [1.29, 1.82) is 0 Å². The summed E-state index contributed by atoms with van der Waals surface area (Å²) >= 11 is 6.31. The molecule has 5 rings (SSSR count). The molecule has 0 unspecified atom stereocenters. The number of imide groups is 1. The highest BCUT2D eigenvalue weighted by molar-refractivity contribution is 6.34. The molecule has 1 fully saturated rings. The Morgan fingerprint density at radius 1 is 1.09 bits per heavy atom. The van der Waals surface area contributed by atoms with Crippen molar-refractivity contribution in [2.45, 2.75) is 37.6 Å². The summed E-state index contributed by atoms with van der Waals surface area (Å²) in [5.74, 6) is 0.0605. The minimum absolute atomic E-state index is 0.277. The Kier molecular flexibility index (Phi) is 5.62. The molecule has 3 aliphatic rings. The molecule has 2 aromatic rings. The smallest absolute Gasteiger partial charge is 0.325 e. The van der Waals surface area contributed by atoms with Crippen LogP contribution in [0, 0.1) is 0 Å². The Bertz CT molecular complexity index is 1140. The van der Waals surface area contributed by atoms with E-state index in [1.54, 1.807) is 12.1 Å². The maximum atomic E-state index is 13.5. The molecule has 2 heterocycles. The number of nitrogens with zero attached hydrogens (tertiary/aromatic N) is 1. The van der Waals surface area contributed by atoms with Gasteiger partial charge in [-0.2, -0.15) is 0 Å². The second-order valence-electron chi connectivity index (χ2n) is 8.47. The van der Waals surface area contributed by atoms with Gasteiger partial charge in [0.1, 0.15) is 12.1 Å². The third-order valence-corrected chi connectivity index (χ3v) is 6.63. The van der Waals surface area contributed by atoms with Gasteiger partial charge in [0.15, 0.2) is 11.5 Å². The molecule has 0 saturated carbocycles. The predicted octanol–water partition coefficient (Wildman–Crippen LogP) is 3.61. The fourth-order valence-electron chi connectivity index (χ4n) is 4.73. The van der Waals surface area contributed by atoms with Crippen LogP contribution in [0.25, 0.3) is 0 Å². The molecule has 1 saturated heterocycles. The lowest BCUT2D eigenvalue weighted by Gasteiger charge is -2.27. The Morgan fingerprint density at radius 3 is 2.67 bits per heavy atom. The van der Waals surface area contributed by atoms with E-state index in [1.165, 1.54) is 0 Å². The van der Waals surface area contributed by atoms with Gasteiger partial charge in [0.2, 0.25) is 5.91 Å². The number of carbonyl (C=O) groups is 3. The van der Waals surface area contributed by atoms with E-state index in [-0.39, 0.29) is 5.02 Å². The number of fused-ring (bicyclic) bond motifs is 3. The van der Waals surface area contributed by atoms with E-state index in [2.05, 4.69) is 10.6 Å². The van der Waals surface area contributed by atoms with Crippen molar-refractivity contribution in [3.63, 3.8) is 0 Å². The highest BCUT2D eigenvalue weighted by atomic mass is 35.5. The molecule has 1 aliphatic carbocycles. The summed E-state index contributed by atoms with van der Waals surface area (Å²) < 4.78 is 11.2. The molecule has 1 spiro atoms. The number of amides is 4. The van der Waals surface area contributed by atoms with Gasteiger partial charge in [-0.3, -0.25) is 14.5 Å². The van der Waals surface area contributed by atoms with Crippen LogP contribution in [0.1, 0.15) is 36.8 Å². The molecular formula is C24H24ClN3O5. The van der Waals surface area contributed by atoms with Crippen molar-refractivity contribution < 1.29 is 23.9 Å². The minimum Gasteiger partial charge on any atom is -0.490 e. The standard InChI is InChI=1S/C24H24ClN3O5/c25-17-12-19-20(33-11-5-10-32-19)13-18(17)26-21(29)14-28-22(30)24(27-23(28)31)9-4-3-7-15-6-1-2-8-16(15)24/h1-2,6,8,12-13H,3-5,7,9-11,14H2,(H,26,29)(H,27,31)/t24-/m0/s1. The van der Waals surface area contributed by atoms with Crippen LogP contribution >= 0.6 is 11.6 Å². The van der Waals surface area contributed by atoms with Crippen molar-refractivity contribution in [3.05, 3.63) is 52.5 Å². The Labute approximate surface area is 196 Å². The lowest BCUT2D eigenvalue weighted by atomic mass is 9.84. The van der Waals surface area contributed by atoms with Crippen molar-refractivity contribution in [1.82, 2.24) is 10.2 Å². The Balaban J connectivity index is 1.35. The van der Waals surface area contributed by atoms with Gasteiger partial charge < -0.3 is 20.1 Å². The average Bonchev–Trinajstić information content (AvgIpc) is 3.00. The second-order valence-corrected chi connectivity index (χ2v) is 8.88. The first-order valence-electron chi connectivity index (χ1n) is 11.1. The van der Waals surface area contributed by atoms with Crippen molar-refractivity contribution in [2.75, 3.05) is 25.1 Å². The van der Waals surface area contributed by atoms with Crippen molar-refractivity contribution in [2.24, 2.45) is 0 Å². The van der Waals surface area contributed by atoms with Crippen LogP contribution in [0.15, 0.2) is 36.4 Å². The third-order valence-electron chi connectivity index (χ3n) is 6.31. The molecule has 33 heavy (non-hydrogen) atoms. The summed E-state index contributed by atoms with van der Waals surface area (Å²) in [6.07, 6.45) is 3.83. The number of rotatable bonds is 3. The summed E-state index contributed by atoms with van der Waals surface area (Å²) in [5, 5.41) is 5.86. The number of urea groups is 1. The van der Waals surface area contributed by atoms with Crippen LogP contribution < -0.4 is 20.1 Å². The molecule has 2 aliphatic heterocycles. The zero-order valence-electron chi connectivity index (χ0n) is 18.0. The fourth-order valence-corrected chi connectivity index (χ4v) is 4.93. The number of carbonyl (C=O) groups excluding carboxylic acids is 3. The van der Waals surface area contributed by atoms with E-state index in [9.17, 15) is 14.4 Å². The molecule has 0 bridgehead atoms. The van der Waals surface area contributed by atoms with Crippen LogP contribution in [-0.2, 0) is 21.5 Å². The van der Waals surface area contributed by atoms with Gasteiger partial charge in [0, 0.05) is 18.6 Å². The van der Waals surface area contributed by atoms with E-state index in [0.29, 0.717) is 36.8 Å². The average molecular weight is 470 g/mol. The van der Waals surface area contributed by atoms with Gasteiger partial charge >= 0.3 is 6.03 Å². The molecular weight excluding hydrogens is 446 g/mol. The van der Waals surface area contributed by atoms with E-state index in [1.807, 2.05) is 24.3 Å². The number of ether oxygens (including phenoxy) is 2. The molecule has 8 nitrogen and oxygen atoms in total. The molecule has 1 atom stereocenters. The largest absolute Gasteiger partial charge is 0.490 e. The molecule has 0 aromatic heterocycles. The van der Waals surface area contributed by atoms with Gasteiger partial charge in [-0.25, -0.2) is 4.79 Å². The molecule has 9 heteroatoms. The number of aryl methyl sites for hydroxylation is 1. The van der Waals surface area contributed by atoms with Crippen LogP contribution in [0.3, 0.4) is 0 Å². The molecule has 0 radical (unpaired) electrons. The number of anilines is 1. The van der Waals surface area contributed by atoms with Gasteiger partial charge in [0.25, 0.3) is 5.91 Å². The van der Waals surface area contributed by atoms with E-state index >= 15 is 0 Å². The lowest BCUT2D eigenvalue weighted by molar-refractivity contribution is -0.134. The SMILES string of the molecule is O=C(CN1C(=O)N[C@]2(CCCCc3ccccc32)C1=O)Nc1cc2c(cc1Cl)OCCCO2. The summed E-state index contributed by atoms with van der Waals surface area (Å²) in [4.78, 5) is 40.1. The molecule has 172 valence electrons. The van der Waals surface area contributed by atoms with Gasteiger partial charge in [-0.05, 0) is 36.8 Å². The van der Waals surface area contributed by atoms with Crippen molar-refractivity contribution in [3.8, 4) is 11.5 Å². The number of hydrogen-bond donors (Lipinski definition) is 2. The van der Waals surface area contributed by atoms with Gasteiger partial charge in [0.05, 0.1) is 23.9 Å². The van der Waals surface area contributed by atoms with E-state index in [0.717, 1.165) is 41.7 Å².